The summed E-state index contributed by atoms with van der Waals surface area (Å²) in [5.74, 6) is -2.79. The summed E-state index contributed by atoms with van der Waals surface area (Å²) in [5.41, 5.74) is -0.547. The van der Waals surface area contributed by atoms with Gasteiger partial charge in [-0.15, -0.1) is 5.26 Å². The van der Waals surface area contributed by atoms with Gasteiger partial charge in [0.15, 0.2) is 5.75 Å². The molecule has 76 valence electrons. The number of carboxylic acids is 2. The molecule has 0 radical (unpaired) electrons. The highest BCUT2D eigenvalue weighted by Gasteiger charge is 2.15. The Hall–Kier alpha value is -2.55. The molecule has 0 heterocycles. The maximum absolute atomic E-state index is 10.7. The number of ether oxygens (including phenoxy) is 1. The van der Waals surface area contributed by atoms with Gasteiger partial charge in [-0.2, -0.15) is 0 Å². The second kappa shape index (κ2) is 4.11. The van der Waals surface area contributed by atoms with Crippen LogP contribution in [-0.2, 0) is 0 Å². The van der Waals surface area contributed by atoms with Crippen molar-refractivity contribution in [3.63, 3.8) is 0 Å². The Morgan fingerprint density at radius 1 is 1.27 bits per heavy atom. The van der Waals surface area contributed by atoms with Crippen LogP contribution >= 0.6 is 0 Å². The predicted molar refractivity (Wildman–Crippen MR) is 46.6 cm³/mol. The van der Waals surface area contributed by atoms with Crippen molar-refractivity contribution in [2.24, 2.45) is 0 Å². The molecule has 1 aromatic rings. The summed E-state index contributed by atoms with van der Waals surface area (Å²) in [6.07, 6.45) is 1.32. The van der Waals surface area contributed by atoms with Crippen molar-refractivity contribution in [1.29, 1.82) is 5.26 Å². The van der Waals surface area contributed by atoms with Gasteiger partial charge in [0.05, 0.1) is 5.56 Å². The third kappa shape index (κ3) is 2.22. The summed E-state index contributed by atoms with van der Waals surface area (Å²) in [4.78, 5) is 21.2. The van der Waals surface area contributed by atoms with Crippen LogP contribution in [0.3, 0.4) is 0 Å². The average molecular weight is 207 g/mol. The fourth-order valence-corrected chi connectivity index (χ4v) is 0.968. The van der Waals surface area contributed by atoms with Crippen molar-refractivity contribution in [1.82, 2.24) is 0 Å². The topological polar surface area (TPSA) is 108 Å². The number of rotatable bonds is 3. The van der Waals surface area contributed by atoms with Crippen LogP contribution < -0.4 is 4.74 Å². The van der Waals surface area contributed by atoms with E-state index in [1.807, 2.05) is 0 Å². The van der Waals surface area contributed by atoms with Crippen LogP contribution in [0.15, 0.2) is 18.2 Å². The normalized spacial score (nSPS) is 9.00. The number of benzene rings is 1. The van der Waals surface area contributed by atoms with Crippen LogP contribution in [0.1, 0.15) is 20.7 Å². The number of carbonyl (C=O) groups is 2. The van der Waals surface area contributed by atoms with Gasteiger partial charge in [0.25, 0.3) is 6.26 Å². The Kier molecular flexibility index (Phi) is 2.88. The molecule has 0 atom stereocenters. The molecule has 6 nitrogen and oxygen atoms in total. The minimum atomic E-state index is -1.36. The van der Waals surface area contributed by atoms with Crippen LogP contribution in [0.25, 0.3) is 0 Å². The second-order valence-electron chi connectivity index (χ2n) is 2.51. The molecule has 0 aliphatic rings. The molecule has 15 heavy (non-hydrogen) atoms. The van der Waals surface area contributed by atoms with Gasteiger partial charge in [-0.25, -0.2) is 9.59 Å². The molecule has 0 bridgehead atoms. The highest BCUT2D eigenvalue weighted by Crippen LogP contribution is 2.20. The summed E-state index contributed by atoms with van der Waals surface area (Å²) < 4.78 is 4.36. The van der Waals surface area contributed by atoms with E-state index in [9.17, 15) is 9.59 Å². The highest BCUT2D eigenvalue weighted by molar-refractivity contribution is 5.95. The summed E-state index contributed by atoms with van der Waals surface area (Å²) in [5, 5.41) is 25.6. The van der Waals surface area contributed by atoms with Gasteiger partial charge in [0.2, 0.25) is 0 Å². The van der Waals surface area contributed by atoms with Crippen LogP contribution in [0.5, 0.6) is 5.75 Å². The van der Waals surface area contributed by atoms with Crippen molar-refractivity contribution in [2.45, 2.75) is 0 Å². The molecule has 6 heteroatoms. The summed E-state index contributed by atoms with van der Waals surface area (Å²) in [7, 11) is 0. The minimum Gasteiger partial charge on any atom is -0.478 e. The van der Waals surface area contributed by atoms with Crippen molar-refractivity contribution in [2.75, 3.05) is 0 Å². The number of carboxylic acid groups (broad SMARTS) is 2. The third-order valence-corrected chi connectivity index (χ3v) is 1.61. The SMILES string of the molecule is N#COc1ccc(C(=O)O)cc1C(=O)O. The van der Waals surface area contributed by atoms with Gasteiger partial charge < -0.3 is 14.9 Å². The lowest BCUT2D eigenvalue weighted by Crippen LogP contribution is -2.04. The zero-order valence-electron chi connectivity index (χ0n) is 7.30. The van der Waals surface area contributed by atoms with E-state index in [2.05, 4.69) is 4.74 Å². The maximum Gasteiger partial charge on any atom is 0.339 e. The molecule has 2 N–H and O–H groups in total. The Balaban J connectivity index is 3.28. The molecule has 0 saturated carbocycles. The molecule has 0 fully saturated rings. The lowest BCUT2D eigenvalue weighted by Gasteiger charge is -2.02. The van der Waals surface area contributed by atoms with Gasteiger partial charge in [-0.3, -0.25) is 0 Å². The van der Waals surface area contributed by atoms with Crippen molar-refractivity contribution >= 4 is 11.9 Å². The van der Waals surface area contributed by atoms with Crippen molar-refractivity contribution < 1.29 is 24.5 Å². The zero-order chi connectivity index (χ0) is 11.4. The van der Waals surface area contributed by atoms with E-state index in [0.717, 1.165) is 18.2 Å². The first-order chi connectivity index (χ1) is 7.06. The van der Waals surface area contributed by atoms with Crippen LogP contribution in [0, 0.1) is 11.5 Å². The van der Waals surface area contributed by atoms with Crippen LogP contribution in [0.4, 0.5) is 0 Å². The van der Waals surface area contributed by atoms with Gasteiger partial charge in [-0.1, -0.05) is 0 Å². The van der Waals surface area contributed by atoms with Crippen molar-refractivity contribution in [3.8, 4) is 12.0 Å². The Bertz CT molecular complexity index is 460. The van der Waals surface area contributed by atoms with E-state index >= 15 is 0 Å². The minimum absolute atomic E-state index is 0.183. The zero-order valence-corrected chi connectivity index (χ0v) is 7.30. The molecule has 0 spiro atoms. The first-order valence-corrected chi connectivity index (χ1v) is 3.73. The molecule has 0 aromatic heterocycles. The second-order valence-corrected chi connectivity index (χ2v) is 2.51. The molecule has 1 rings (SSSR count). The molecule has 0 aliphatic heterocycles. The monoisotopic (exact) mass is 207 g/mol. The lowest BCUT2D eigenvalue weighted by atomic mass is 10.1. The fraction of sp³-hybridized carbons (Fsp3) is 0. The third-order valence-electron chi connectivity index (χ3n) is 1.61. The highest BCUT2D eigenvalue weighted by atomic mass is 16.5. The number of aromatic carboxylic acids is 2. The Morgan fingerprint density at radius 3 is 2.40 bits per heavy atom. The molecule has 0 aliphatic carbocycles. The van der Waals surface area contributed by atoms with E-state index in [1.54, 1.807) is 0 Å². The maximum atomic E-state index is 10.7. The van der Waals surface area contributed by atoms with Crippen molar-refractivity contribution in [3.05, 3.63) is 29.3 Å². The van der Waals surface area contributed by atoms with Gasteiger partial charge >= 0.3 is 11.9 Å². The first-order valence-electron chi connectivity index (χ1n) is 3.73. The van der Waals surface area contributed by atoms with E-state index < -0.39 is 11.9 Å². The average Bonchev–Trinajstić information content (AvgIpc) is 2.18. The Labute approximate surface area is 83.9 Å². The molecule has 0 unspecified atom stereocenters. The fourth-order valence-electron chi connectivity index (χ4n) is 0.968. The number of hydrogen-bond acceptors (Lipinski definition) is 4. The standard InChI is InChI=1S/C9H5NO5/c10-4-15-7-2-1-5(8(11)12)3-6(7)9(13)14/h1-3H,(H,11,12)(H,13,14). The predicted octanol–water partition coefficient (Wildman–Crippen LogP) is 0.943. The van der Waals surface area contributed by atoms with E-state index in [4.69, 9.17) is 15.5 Å². The smallest absolute Gasteiger partial charge is 0.339 e. The number of hydrogen-bond donors (Lipinski definition) is 2. The lowest BCUT2D eigenvalue weighted by molar-refractivity contribution is 0.0694. The largest absolute Gasteiger partial charge is 0.478 e. The number of nitrogens with zero attached hydrogens (tertiary/aromatic N) is 1. The van der Waals surface area contributed by atoms with E-state index in [-0.39, 0.29) is 16.9 Å². The molecule has 0 saturated heterocycles. The first kappa shape index (κ1) is 10.5. The quantitative estimate of drug-likeness (QED) is 0.714. The molecular weight excluding hydrogens is 202 g/mol. The molecule has 1 aromatic carbocycles. The molecular formula is C9H5NO5. The van der Waals surface area contributed by atoms with Crippen LogP contribution in [0.2, 0.25) is 0 Å². The summed E-state index contributed by atoms with van der Waals surface area (Å²) in [6.45, 7) is 0. The molecule has 0 amide bonds. The Morgan fingerprint density at radius 2 is 1.93 bits per heavy atom. The van der Waals surface area contributed by atoms with E-state index in [0.29, 0.717) is 0 Å². The van der Waals surface area contributed by atoms with Gasteiger partial charge in [0, 0.05) is 0 Å². The summed E-state index contributed by atoms with van der Waals surface area (Å²) in [6, 6.07) is 3.20. The van der Waals surface area contributed by atoms with Gasteiger partial charge in [-0.05, 0) is 18.2 Å². The summed E-state index contributed by atoms with van der Waals surface area (Å²) >= 11 is 0. The van der Waals surface area contributed by atoms with Gasteiger partial charge in [0.1, 0.15) is 5.56 Å². The number of nitriles is 1. The van der Waals surface area contributed by atoms with E-state index in [1.165, 1.54) is 6.26 Å². The van der Waals surface area contributed by atoms with Crippen LogP contribution in [-0.4, -0.2) is 22.2 Å².